The summed E-state index contributed by atoms with van der Waals surface area (Å²) in [5.74, 6) is 1.19. The minimum absolute atomic E-state index is 0.0812. The molecule has 1 amide bonds. The minimum Gasteiger partial charge on any atom is -0.445 e. The standard InChI is InChI=1S/C29H31NO2/c31-29(32-21-22-10-4-1-5-11-22)30-27-17-16-26(24-12-6-2-7-13-24)18-23(19-27)20-28(30)25-14-8-3-9-15-25/h1-15,23,26-28H,16-21H2/t23-,26-,27+,28+/m0/s1. The SMILES string of the molecule is O=C(OCc1ccccc1)N1[C@@H]2CC[C@H](c3ccccc3)C[C@@H](C2)C[C@@H]1c1ccccc1. The minimum atomic E-state index is -0.177. The van der Waals surface area contributed by atoms with E-state index >= 15 is 0 Å². The van der Waals surface area contributed by atoms with Gasteiger partial charge in [-0.15, -0.1) is 0 Å². The molecular weight excluding hydrogens is 394 g/mol. The van der Waals surface area contributed by atoms with E-state index in [0.717, 1.165) is 31.2 Å². The number of ether oxygens (including phenoxy) is 1. The normalized spacial score (nSPS) is 25.1. The van der Waals surface area contributed by atoms with Crippen molar-refractivity contribution in [3.63, 3.8) is 0 Å². The van der Waals surface area contributed by atoms with Crippen LogP contribution in [0.25, 0.3) is 0 Å². The molecule has 32 heavy (non-hydrogen) atoms. The fraction of sp³-hybridized carbons (Fsp3) is 0.345. The number of amides is 1. The number of hydrogen-bond acceptors (Lipinski definition) is 2. The van der Waals surface area contributed by atoms with Crippen LogP contribution >= 0.6 is 0 Å². The summed E-state index contributed by atoms with van der Waals surface area (Å²) in [6, 6.07) is 31.7. The Bertz CT molecular complexity index is 1010. The Kier molecular flexibility index (Phi) is 6.24. The molecule has 2 aliphatic rings. The molecule has 3 nitrogen and oxygen atoms in total. The number of likely N-dealkylation sites (tertiary alicyclic amines) is 1. The molecule has 0 spiro atoms. The highest BCUT2D eigenvalue weighted by Gasteiger charge is 2.42. The van der Waals surface area contributed by atoms with Crippen molar-refractivity contribution in [2.24, 2.45) is 5.92 Å². The molecule has 1 heterocycles. The molecule has 1 saturated carbocycles. The lowest BCUT2D eigenvalue weighted by Gasteiger charge is -2.44. The van der Waals surface area contributed by atoms with Gasteiger partial charge in [0.2, 0.25) is 0 Å². The first-order valence-electron chi connectivity index (χ1n) is 11.9. The van der Waals surface area contributed by atoms with Gasteiger partial charge in [-0.05, 0) is 60.6 Å². The number of nitrogens with zero attached hydrogens (tertiary/aromatic N) is 1. The molecule has 4 atom stereocenters. The molecule has 1 aliphatic heterocycles. The molecule has 1 aliphatic carbocycles. The van der Waals surface area contributed by atoms with Gasteiger partial charge in [-0.3, -0.25) is 4.90 Å². The van der Waals surface area contributed by atoms with Crippen LogP contribution in [0.15, 0.2) is 91.0 Å². The molecule has 0 N–H and O–H groups in total. The van der Waals surface area contributed by atoms with Gasteiger partial charge in [0.05, 0.1) is 6.04 Å². The first-order chi connectivity index (χ1) is 15.8. The number of hydrogen-bond donors (Lipinski definition) is 0. The maximum absolute atomic E-state index is 13.4. The predicted octanol–water partition coefficient (Wildman–Crippen LogP) is 7.11. The Morgan fingerprint density at radius 1 is 0.750 bits per heavy atom. The molecule has 0 aromatic heterocycles. The fourth-order valence-corrected chi connectivity index (χ4v) is 5.71. The summed E-state index contributed by atoms with van der Waals surface area (Å²) in [6.45, 7) is 0.320. The highest BCUT2D eigenvalue weighted by molar-refractivity contribution is 5.69. The second-order valence-electron chi connectivity index (χ2n) is 9.29. The number of fused-ring (bicyclic) bond motifs is 2. The first-order valence-corrected chi connectivity index (χ1v) is 11.9. The van der Waals surface area contributed by atoms with Crippen LogP contribution in [0.3, 0.4) is 0 Å². The van der Waals surface area contributed by atoms with E-state index in [1.54, 1.807) is 0 Å². The van der Waals surface area contributed by atoms with Crippen LogP contribution in [-0.2, 0) is 11.3 Å². The highest BCUT2D eigenvalue weighted by atomic mass is 16.6. The van der Waals surface area contributed by atoms with E-state index in [4.69, 9.17) is 4.74 Å². The van der Waals surface area contributed by atoms with E-state index < -0.39 is 0 Å². The van der Waals surface area contributed by atoms with Gasteiger partial charge in [-0.1, -0.05) is 91.0 Å². The molecule has 1 saturated heterocycles. The van der Waals surface area contributed by atoms with Crippen LogP contribution in [0.5, 0.6) is 0 Å². The van der Waals surface area contributed by atoms with Crippen molar-refractivity contribution >= 4 is 6.09 Å². The number of carbonyl (C=O) groups is 1. The molecular formula is C29H31NO2. The molecule has 5 rings (SSSR count). The van der Waals surface area contributed by atoms with Crippen molar-refractivity contribution in [3.8, 4) is 0 Å². The maximum atomic E-state index is 13.4. The fourth-order valence-electron chi connectivity index (χ4n) is 5.71. The third kappa shape index (κ3) is 4.57. The van der Waals surface area contributed by atoms with Crippen molar-refractivity contribution in [2.75, 3.05) is 0 Å². The Balaban J connectivity index is 1.39. The highest BCUT2D eigenvalue weighted by Crippen LogP contribution is 2.47. The Morgan fingerprint density at radius 2 is 1.38 bits per heavy atom. The predicted molar refractivity (Wildman–Crippen MR) is 127 cm³/mol. The summed E-state index contributed by atoms with van der Waals surface area (Å²) in [7, 11) is 0. The van der Waals surface area contributed by atoms with E-state index in [-0.39, 0.29) is 18.2 Å². The molecule has 164 valence electrons. The largest absolute Gasteiger partial charge is 0.445 e. The molecule has 0 unspecified atom stereocenters. The van der Waals surface area contributed by atoms with Gasteiger partial charge in [0.15, 0.2) is 0 Å². The van der Waals surface area contributed by atoms with E-state index in [1.807, 2.05) is 36.4 Å². The van der Waals surface area contributed by atoms with Crippen molar-refractivity contribution < 1.29 is 9.53 Å². The summed E-state index contributed by atoms with van der Waals surface area (Å²) in [5.41, 5.74) is 3.68. The van der Waals surface area contributed by atoms with E-state index in [0.29, 0.717) is 18.4 Å². The van der Waals surface area contributed by atoms with Crippen LogP contribution < -0.4 is 0 Å². The van der Waals surface area contributed by atoms with Crippen LogP contribution in [-0.4, -0.2) is 17.0 Å². The Morgan fingerprint density at radius 3 is 2.06 bits per heavy atom. The second-order valence-corrected chi connectivity index (χ2v) is 9.29. The third-order valence-electron chi connectivity index (χ3n) is 7.23. The molecule has 0 radical (unpaired) electrons. The summed E-state index contributed by atoms with van der Waals surface area (Å²) in [6.07, 6.45) is 5.26. The van der Waals surface area contributed by atoms with Gasteiger partial charge in [0.1, 0.15) is 6.61 Å². The maximum Gasteiger partial charge on any atom is 0.410 e. The van der Waals surface area contributed by atoms with Gasteiger partial charge < -0.3 is 4.74 Å². The lowest BCUT2D eigenvalue weighted by molar-refractivity contribution is 0.0267. The zero-order valence-corrected chi connectivity index (χ0v) is 18.5. The van der Waals surface area contributed by atoms with Crippen LogP contribution in [0, 0.1) is 5.92 Å². The van der Waals surface area contributed by atoms with Crippen LogP contribution in [0.2, 0.25) is 0 Å². The van der Waals surface area contributed by atoms with Gasteiger partial charge in [-0.2, -0.15) is 0 Å². The smallest absolute Gasteiger partial charge is 0.410 e. The van der Waals surface area contributed by atoms with Crippen molar-refractivity contribution in [2.45, 2.75) is 56.7 Å². The quantitative estimate of drug-likeness (QED) is 0.446. The lowest BCUT2D eigenvalue weighted by Crippen LogP contribution is -2.47. The summed E-state index contributed by atoms with van der Waals surface area (Å²) in [5, 5.41) is 0. The van der Waals surface area contributed by atoms with Crippen molar-refractivity contribution in [1.29, 1.82) is 0 Å². The molecule has 3 aromatic rings. The summed E-state index contributed by atoms with van der Waals surface area (Å²) < 4.78 is 5.85. The van der Waals surface area contributed by atoms with Gasteiger partial charge in [0, 0.05) is 6.04 Å². The molecule has 2 fully saturated rings. The number of benzene rings is 3. The third-order valence-corrected chi connectivity index (χ3v) is 7.23. The first kappa shape index (κ1) is 20.8. The lowest BCUT2D eigenvalue weighted by atomic mass is 9.80. The second kappa shape index (κ2) is 9.60. The average Bonchev–Trinajstić information content (AvgIpc) is 3.03. The Labute approximate surface area is 191 Å². The van der Waals surface area contributed by atoms with Gasteiger partial charge in [0.25, 0.3) is 0 Å². The zero-order chi connectivity index (χ0) is 21.8. The van der Waals surface area contributed by atoms with Crippen LogP contribution in [0.4, 0.5) is 4.79 Å². The number of rotatable bonds is 4. The van der Waals surface area contributed by atoms with Crippen molar-refractivity contribution in [3.05, 3.63) is 108 Å². The average molecular weight is 426 g/mol. The van der Waals surface area contributed by atoms with Gasteiger partial charge >= 0.3 is 6.09 Å². The number of carbonyl (C=O) groups excluding carboxylic acids is 1. The van der Waals surface area contributed by atoms with Crippen molar-refractivity contribution in [1.82, 2.24) is 4.90 Å². The molecule has 3 aromatic carbocycles. The van der Waals surface area contributed by atoms with E-state index in [9.17, 15) is 4.79 Å². The Hall–Kier alpha value is -3.07. The summed E-state index contributed by atoms with van der Waals surface area (Å²) >= 11 is 0. The van der Waals surface area contributed by atoms with E-state index in [2.05, 4.69) is 59.5 Å². The topological polar surface area (TPSA) is 29.5 Å². The zero-order valence-electron chi connectivity index (χ0n) is 18.5. The number of piperidine rings is 1. The molecule has 2 bridgehead atoms. The summed E-state index contributed by atoms with van der Waals surface area (Å²) in [4.78, 5) is 15.5. The monoisotopic (exact) mass is 425 g/mol. The van der Waals surface area contributed by atoms with Crippen LogP contribution in [0.1, 0.15) is 60.8 Å². The van der Waals surface area contributed by atoms with Gasteiger partial charge in [-0.25, -0.2) is 4.79 Å². The molecule has 3 heteroatoms. The van der Waals surface area contributed by atoms with E-state index in [1.165, 1.54) is 17.5 Å².